The SMILES string of the molecule is CC(C)c1noc(N2CCN(C(C)CCOc3ccc(C(=O)N[C@H](C)CO)cc3F)CC2)n1. The molecule has 3 rings (SSSR count). The van der Waals surface area contributed by atoms with Crippen LogP contribution < -0.4 is 15.0 Å². The van der Waals surface area contributed by atoms with Crippen LogP contribution in [-0.4, -0.2) is 77.5 Å². The van der Waals surface area contributed by atoms with Crippen molar-refractivity contribution in [2.24, 2.45) is 0 Å². The molecule has 1 aliphatic heterocycles. The van der Waals surface area contributed by atoms with E-state index in [4.69, 9.17) is 14.4 Å². The number of aromatic nitrogens is 2. The molecule has 9 nitrogen and oxygen atoms in total. The zero-order chi connectivity index (χ0) is 24.0. The van der Waals surface area contributed by atoms with Gasteiger partial charge in [0.25, 0.3) is 5.91 Å². The van der Waals surface area contributed by atoms with Crippen LogP contribution in [0.2, 0.25) is 0 Å². The summed E-state index contributed by atoms with van der Waals surface area (Å²) in [5.74, 6) is 0.0586. The molecule has 0 radical (unpaired) electrons. The van der Waals surface area contributed by atoms with E-state index in [-0.39, 0.29) is 29.9 Å². The summed E-state index contributed by atoms with van der Waals surface area (Å²) in [4.78, 5) is 21.0. The molecular formula is C23H34FN5O4. The molecule has 2 atom stereocenters. The Kier molecular flexibility index (Phi) is 8.62. The summed E-state index contributed by atoms with van der Waals surface area (Å²) in [5.41, 5.74) is 0.188. The van der Waals surface area contributed by atoms with E-state index in [2.05, 4.69) is 32.2 Å². The summed E-state index contributed by atoms with van der Waals surface area (Å²) in [6, 6.07) is 4.58. The van der Waals surface area contributed by atoms with Crippen molar-refractivity contribution in [1.82, 2.24) is 20.4 Å². The fraction of sp³-hybridized carbons (Fsp3) is 0.609. The first-order chi connectivity index (χ1) is 15.8. The fourth-order valence-electron chi connectivity index (χ4n) is 3.58. The zero-order valence-corrected chi connectivity index (χ0v) is 19.8. The third kappa shape index (κ3) is 6.64. The number of hydrogen-bond acceptors (Lipinski definition) is 8. The van der Waals surface area contributed by atoms with Gasteiger partial charge in [0.15, 0.2) is 17.4 Å². The second-order valence-electron chi connectivity index (χ2n) is 8.80. The molecule has 33 heavy (non-hydrogen) atoms. The van der Waals surface area contributed by atoms with Crippen molar-refractivity contribution in [1.29, 1.82) is 0 Å². The van der Waals surface area contributed by atoms with E-state index in [9.17, 15) is 9.18 Å². The van der Waals surface area contributed by atoms with E-state index < -0.39 is 17.8 Å². The summed E-state index contributed by atoms with van der Waals surface area (Å²) in [5, 5.41) is 15.6. The molecule has 1 fully saturated rings. The fourth-order valence-corrected chi connectivity index (χ4v) is 3.58. The van der Waals surface area contributed by atoms with E-state index in [0.29, 0.717) is 12.6 Å². The Morgan fingerprint density at radius 3 is 2.58 bits per heavy atom. The second kappa shape index (κ2) is 11.4. The molecule has 0 bridgehead atoms. The number of aliphatic hydroxyl groups excluding tert-OH is 1. The van der Waals surface area contributed by atoms with Gasteiger partial charge >= 0.3 is 6.01 Å². The van der Waals surface area contributed by atoms with Gasteiger partial charge in [0.1, 0.15) is 0 Å². The molecule has 0 saturated carbocycles. The smallest absolute Gasteiger partial charge is 0.324 e. The molecule has 182 valence electrons. The average molecular weight is 464 g/mol. The molecule has 1 amide bonds. The maximum absolute atomic E-state index is 14.4. The Morgan fingerprint density at radius 1 is 1.24 bits per heavy atom. The molecule has 2 N–H and O–H groups in total. The maximum Gasteiger partial charge on any atom is 0.324 e. The molecule has 0 aliphatic carbocycles. The lowest BCUT2D eigenvalue weighted by Crippen LogP contribution is -2.50. The molecule has 0 spiro atoms. The number of nitrogens with one attached hydrogen (secondary N) is 1. The number of rotatable bonds is 10. The van der Waals surface area contributed by atoms with E-state index in [1.165, 1.54) is 12.1 Å². The summed E-state index contributed by atoms with van der Waals surface area (Å²) in [7, 11) is 0. The van der Waals surface area contributed by atoms with Gasteiger partial charge in [0.05, 0.1) is 13.2 Å². The molecule has 1 saturated heterocycles. The number of benzene rings is 1. The summed E-state index contributed by atoms with van der Waals surface area (Å²) in [6.45, 7) is 11.4. The Balaban J connectivity index is 1.43. The lowest BCUT2D eigenvalue weighted by molar-refractivity contribution is 0.0921. The van der Waals surface area contributed by atoms with Crippen LogP contribution in [0.3, 0.4) is 0 Å². The van der Waals surface area contributed by atoms with Crippen LogP contribution in [-0.2, 0) is 0 Å². The first-order valence-corrected chi connectivity index (χ1v) is 11.4. The number of carbonyl (C=O) groups is 1. The number of aliphatic hydroxyl groups is 1. The van der Waals surface area contributed by atoms with Crippen LogP contribution in [0.5, 0.6) is 5.75 Å². The maximum atomic E-state index is 14.4. The Bertz CT molecular complexity index is 914. The highest BCUT2D eigenvalue weighted by molar-refractivity contribution is 5.94. The molecular weight excluding hydrogens is 429 g/mol. The van der Waals surface area contributed by atoms with Crippen molar-refractivity contribution >= 4 is 11.9 Å². The van der Waals surface area contributed by atoms with Gasteiger partial charge in [-0.2, -0.15) is 4.98 Å². The minimum atomic E-state index is -0.583. The summed E-state index contributed by atoms with van der Waals surface area (Å²) < 4.78 is 25.4. The van der Waals surface area contributed by atoms with Gasteiger partial charge in [-0.25, -0.2) is 4.39 Å². The molecule has 1 unspecified atom stereocenters. The van der Waals surface area contributed by atoms with Crippen LogP contribution in [0.25, 0.3) is 0 Å². The lowest BCUT2D eigenvalue weighted by atomic mass is 10.1. The molecule has 1 aromatic carbocycles. The number of nitrogens with zero attached hydrogens (tertiary/aromatic N) is 4. The lowest BCUT2D eigenvalue weighted by Gasteiger charge is -2.37. The standard InChI is InChI=1S/C23H34FN5O4/c1-15(2)21-26-23(33-27-21)29-10-8-28(9-11-29)17(4)7-12-32-20-6-5-18(13-19(20)24)22(31)25-16(3)14-30/h5-6,13,15-17,30H,7-12,14H2,1-4H3,(H,25,31)/t16-,17?/m1/s1. The molecule has 2 aromatic rings. The highest BCUT2D eigenvalue weighted by atomic mass is 19.1. The Labute approximate surface area is 193 Å². The normalized spacial score (nSPS) is 16.6. The van der Waals surface area contributed by atoms with Crippen molar-refractivity contribution in [2.75, 3.05) is 44.3 Å². The monoisotopic (exact) mass is 463 g/mol. The second-order valence-corrected chi connectivity index (χ2v) is 8.80. The van der Waals surface area contributed by atoms with Gasteiger partial charge in [0.2, 0.25) is 0 Å². The minimum Gasteiger partial charge on any atom is -0.490 e. The highest BCUT2D eigenvalue weighted by Gasteiger charge is 2.25. The van der Waals surface area contributed by atoms with Crippen LogP contribution in [0.4, 0.5) is 10.4 Å². The topological polar surface area (TPSA) is 104 Å². The largest absolute Gasteiger partial charge is 0.490 e. The third-order valence-electron chi connectivity index (χ3n) is 5.79. The van der Waals surface area contributed by atoms with Crippen LogP contribution in [0.1, 0.15) is 56.2 Å². The zero-order valence-electron chi connectivity index (χ0n) is 19.8. The van der Waals surface area contributed by atoms with E-state index >= 15 is 0 Å². The first-order valence-electron chi connectivity index (χ1n) is 11.4. The quantitative estimate of drug-likeness (QED) is 0.554. The van der Waals surface area contributed by atoms with E-state index in [1.54, 1.807) is 6.92 Å². The predicted octanol–water partition coefficient (Wildman–Crippen LogP) is 2.42. The van der Waals surface area contributed by atoms with Gasteiger partial charge in [0, 0.05) is 49.7 Å². The number of halogens is 1. The van der Waals surface area contributed by atoms with Crippen molar-refractivity contribution in [3.8, 4) is 5.75 Å². The number of amides is 1. The van der Waals surface area contributed by atoms with E-state index in [0.717, 1.165) is 44.5 Å². The number of ether oxygens (including phenoxy) is 1. The van der Waals surface area contributed by atoms with Crippen LogP contribution in [0.15, 0.2) is 22.7 Å². The number of hydrogen-bond donors (Lipinski definition) is 2. The van der Waals surface area contributed by atoms with Crippen LogP contribution in [0, 0.1) is 5.82 Å². The van der Waals surface area contributed by atoms with Crippen LogP contribution >= 0.6 is 0 Å². The Morgan fingerprint density at radius 2 is 1.97 bits per heavy atom. The van der Waals surface area contributed by atoms with Gasteiger partial charge < -0.3 is 24.6 Å². The minimum absolute atomic E-state index is 0.121. The number of piperazine rings is 1. The highest BCUT2D eigenvalue weighted by Crippen LogP contribution is 2.21. The third-order valence-corrected chi connectivity index (χ3v) is 5.79. The average Bonchev–Trinajstić information content (AvgIpc) is 3.30. The van der Waals surface area contributed by atoms with Crippen molar-refractivity contribution < 1.29 is 23.6 Å². The van der Waals surface area contributed by atoms with Gasteiger partial charge in [-0.05, 0) is 38.5 Å². The van der Waals surface area contributed by atoms with Crippen molar-refractivity contribution in [2.45, 2.75) is 52.1 Å². The summed E-state index contributed by atoms with van der Waals surface area (Å²) in [6.07, 6.45) is 0.744. The van der Waals surface area contributed by atoms with Crippen molar-refractivity contribution in [3.05, 3.63) is 35.4 Å². The van der Waals surface area contributed by atoms with Gasteiger partial charge in [-0.1, -0.05) is 19.0 Å². The van der Waals surface area contributed by atoms with E-state index in [1.807, 2.05) is 13.8 Å². The van der Waals surface area contributed by atoms with Gasteiger partial charge in [-0.3, -0.25) is 9.69 Å². The van der Waals surface area contributed by atoms with Crippen molar-refractivity contribution in [3.63, 3.8) is 0 Å². The number of carbonyl (C=O) groups excluding carboxylic acids is 1. The molecule has 10 heteroatoms. The Hall–Kier alpha value is -2.72. The number of anilines is 1. The first kappa shape index (κ1) is 24.9. The molecule has 2 heterocycles. The predicted molar refractivity (Wildman–Crippen MR) is 122 cm³/mol. The molecule has 1 aromatic heterocycles. The summed E-state index contributed by atoms with van der Waals surface area (Å²) >= 11 is 0. The van der Waals surface area contributed by atoms with Gasteiger partial charge in [-0.15, -0.1) is 0 Å². The molecule has 1 aliphatic rings.